The van der Waals surface area contributed by atoms with Crippen LogP contribution in [0.1, 0.15) is 18.5 Å². The van der Waals surface area contributed by atoms with E-state index in [1.807, 2.05) is 24.3 Å². The first kappa shape index (κ1) is 15.1. The van der Waals surface area contributed by atoms with Crippen molar-refractivity contribution in [2.24, 2.45) is 5.92 Å². The summed E-state index contributed by atoms with van der Waals surface area (Å²) in [6.45, 7) is 3.13. The van der Waals surface area contributed by atoms with Crippen molar-refractivity contribution in [2.75, 3.05) is 26.8 Å². The zero-order chi connectivity index (χ0) is 15.4. The Kier molecular flexibility index (Phi) is 4.75. The zero-order valence-electron chi connectivity index (χ0n) is 12.9. The molecule has 1 saturated heterocycles. The van der Waals surface area contributed by atoms with Crippen molar-refractivity contribution in [1.29, 1.82) is 0 Å². The van der Waals surface area contributed by atoms with Crippen molar-refractivity contribution in [3.63, 3.8) is 0 Å². The molecule has 1 aromatic heterocycles. The second-order valence-electron chi connectivity index (χ2n) is 5.77. The van der Waals surface area contributed by atoms with Crippen molar-refractivity contribution in [3.8, 4) is 17.2 Å². The molecule has 1 fully saturated rings. The maximum atomic E-state index is 9.18. The van der Waals surface area contributed by atoms with E-state index >= 15 is 0 Å². The molecule has 1 aromatic carbocycles. The number of rotatable bonds is 5. The van der Waals surface area contributed by atoms with Crippen LogP contribution in [-0.4, -0.2) is 41.8 Å². The average Bonchev–Trinajstić information content (AvgIpc) is 3.04. The highest BCUT2D eigenvalue weighted by atomic mass is 16.5. The number of oxazole rings is 1. The number of benzene rings is 1. The van der Waals surface area contributed by atoms with E-state index in [1.165, 1.54) is 0 Å². The third-order valence-electron chi connectivity index (χ3n) is 4.24. The largest absolute Gasteiger partial charge is 0.497 e. The SMILES string of the molecule is COc1ccc(-c2nc(CN3CCC(CO)CC3)co2)cc1. The van der Waals surface area contributed by atoms with Gasteiger partial charge in [-0.2, -0.15) is 0 Å². The second-order valence-corrected chi connectivity index (χ2v) is 5.77. The van der Waals surface area contributed by atoms with Crippen molar-refractivity contribution in [1.82, 2.24) is 9.88 Å². The monoisotopic (exact) mass is 302 g/mol. The fraction of sp³-hybridized carbons (Fsp3) is 0.471. The molecule has 1 N–H and O–H groups in total. The Morgan fingerprint density at radius 2 is 2.00 bits per heavy atom. The number of piperidine rings is 1. The summed E-state index contributed by atoms with van der Waals surface area (Å²) in [7, 11) is 1.65. The number of aliphatic hydroxyl groups is 1. The van der Waals surface area contributed by atoms with Gasteiger partial charge in [0.05, 0.1) is 12.8 Å². The molecule has 0 unspecified atom stereocenters. The zero-order valence-corrected chi connectivity index (χ0v) is 12.9. The molecule has 0 atom stereocenters. The molecule has 0 amide bonds. The third kappa shape index (κ3) is 3.48. The van der Waals surface area contributed by atoms with Gasteiger partial charge in [0, 0.05) is 18.7 Å². The van der Waals surface area contributed by atoms with E-state index in [0.29, 0.717) is 18.4 Å². The topological polar surface area (TPSA) is 58.7 Å². The Hall–Kier alpha value is -1.85. The van der Waals surface area contributed by atoms with Crippen LogP contribution in [0, 0.1) is 5.92 Å². The van der Waals surface area contributed by atoms with Gasteiger partial charge in [0.1, 0.15) is 12.0 Å². The summed E-state index contributed by atoms with van der Waals surface area (Å²) in [4.78, 5) is 6.93. The number of nitrogens with zero attached hydrogens (tertiary/aromatic N) is 2. The van der Waals surface area contributed by atoms with Crippen LogP contribution in [0.2, 0.25) is 0 Å². The molecule has 2 aromatic rings. The lowest BCUT2D eigenvalue weighted by Crippen LogP contribution is -2.34. The number of methoxy groups -OCH3 is 1. The van der Waals surface area contributed by atoms with Gasteiger partial charge in [-0.05, 0) is 56.1 Å². The maximum absolute atomic E-state index is 9.18. The first-order chi connectivity index (χ1) is 10.8. The van der Waals surface area contributed by atoms with E-state index in [-0.39, 0.29) is 0 Å². The van der Waals surface area contributed by atoms with Crippen LogP contribution in [0.3, 0.4) is 0 Å². The molecule has 22 heavy (non-hydrogen) atoms. The molecule has 5 heteroatoms. The summed E-state index contributed by atoms with van der Waals surface area (Å²) < 4.78 is 10.7. The minimum Gasteiger partial charge on any atom is -0.497 e. The van der Waals surface area contributed by atoms with E-state index in [9.17, 15) is 5.11 Å². The minimum atomic E-state index is 0.305. The fourth-order valence-electron chi connectivity index (χ4n) is 2.80. The van der Waals surface area contributed by atoms with Crippen LogP contribution >= 0.6 is 0 Å². The van der Waals surface area contributed by atoms with Gasteiger partial charge in [0.2, 0.25) is 5.89 Å². The molecule has 1 aliphatic rings. The number of ether oxygens (including phenoxy) is 1. The van der Waals surface area contributed by atoms with Crippen molar-refractivity contribution < 1.29 is 14.3 Å². The second kappa shape index (κ2) is 6.94. The lowest BCUT2D eigenvalue weighted by atomic mass is 9.98. The van der Waals surface area contributed by atoms with Crippen LogP contribution in [0.15, 0.2) is 34.9 Å². The molecule has 5 nitrogen and oxygen atoms in total. The summed E-state index contributed by atoms with van der Waals surface area (Å²) in [5, 5.41) is 9.18. The molecular weight excluding hydrogens is 280 g/mol. The predicted octanol–water partition coefficient (Wildman–Crippen LogP) is 2.55. The maximum Gasteiger partial charge on any atom is 0.226 e. The standard InChI is InChI=1S/C17H22N2O3/c1-21-16-4-2-14(3-5-16)17-18-15(12-22-17)10-19-8-6-13(11-20)7-9-19/h2-5,12-13,20H,6-11H2,1H3. The number of hydrogen-bond donors (Lipinski definition) is 1. The summed E-state index contributed by atoms with van der Waals surface area (Å²) >= 11 is 0. The Morgan fingerprint density at radius 3 is 2.64 bits per heavy atom. The molecule has 0 spiro atoms. The fourth-order valence-corrected chi connectivity index (χ4v) is 2.80. The predicted molar refractivity (Wildman–Crippen MR) is 83.6 cm³/mol. The molecule has 118 valence electrons. The molecule has 3 rings (SSSR count). The Bertz CT molecular complexity index is 586. The molecule has 0 aliphatic carbocycles. The van der Waals surface area contributed by atoms with Gasteiger partial charge in [0.15, 0.2) is 0 Å². The van der Waals surface area contributed by atoms with Gasteiger partial charge < -0.3 is 14.3 Å². The smallest absolute Gasteiger partial charge is 0.226 e. The first-order valence-corrected chi connectivity index (χ1v) is 7.70. The summed E-state index contributed by atoms with van der Waals surface area (Å²) in [5.41, 5.74) is 1.90. The van der Waals surface area contributed by atoms with Crippen LogP contribution in [0.25, 0.3) is 11.5 Å². The highest BCUT2D eigenvalue weighted by Crippen LogP contribution is 2.23. The molecule has 0 saturated carbocycles. The van der Waals surface area contributed by atoms with E-state index in [2.05, 4.69) is 9.88 Å². The summed E-state index contributed by atoms with van der Waals surface area (Å²) in [6.07, 6.45) is 3.84. The lowest BCUT2D eigenvalue weighted by Gasteiger charge is -2.30. The minimum absolute atomic E-state index is 0.305. The Balaban J connectivity index is 1.61. The number of aromatic nitrogens is 1. The molecule has 0 bridgehead atoms. The molecular formula is C17H22N2O3. The van der Waals surface area contributed by atoms with Crippen LogP contribution in [0.5, 0.6) is 5.75 Å². The lowest BCUT2D eigenvalue weighted by molar-refractivity contribution is 0.126. The number of likely N-dealkylation sites (tertiary alicyclic amines) is 1. The van der Waals surface area contributed by atoms with Crippen molar-refractivity contribution >= 4 is 0 Å². The Morgan fingerprint density at radius 1 is 1.27 bits per heavy atom. The van der Waals surface area contributed by atoms with Gasteiger partial charge in [-0.25, -0.2) is 4.98 Å². The molecule has 2 heterocycles. The van der Waals surface area contributed by atoms with Gasteiger partial charge >= 0.3 is 0 Å². The van der Waals surface area contributed by atoms with Gasteiger partial charge in [-0.1, -0.05) is 0 Å². The Labute approximate surface area is 130 Å². The van der Waals surface area contributed by atoms with E-state index in [0.717, 1.165) is 49.5 Å². The van der Waals surface area contributed by atoms with Crippen molar-refractivity contribution in [2.45, 2.75) is 19.4 Å². The molecule has 0 radical (unpaired) electrons. The average molecular weight is 302 g/mol. The van der Waals surface area contributed by atoms with E-state index in [4.69, 9.17) is 9.15 Å². The van der Waals surface area contributed by atoms with Crippen LogP contribution in [-0.2, 0) is 6.54 Å². The summed E-state index contributed by atoms with van der Waals surface area (Å²) in [6, 6.07) is 7.69. The van der Waals surface area contributed by atoms with E-state index in [1.54, 1.807) is 13.4 Å². The number of hydrogen-bond acceptors (Lipinski definition) is 5. The highest BCUT2D eigenvalue weighted by molar-refractivity contribution is 5.54. The third-order valence-corrected chi connectivity index (χ3v) is 4.24. The quantitative estimate of drug-likeness (QED) is 0.920. The summed E-state index contributed by atoms with van der Waals surface area (Å²) in [5.74, 6) is 1.92. The van der Waals surface area contributed by atoms with Gasteiger partial charge in [-0.15, -0.1) is 0 Å². The van der Waals surface area contributed by atoms with E-state index < -0.39 is 0 Å². The molecule has 1 aliphatic heterocycles. The number of aliphatic hydroxyl groups excluding tert-OH is 1. The first-order valence-electron chi connectivity index (χ1n) is 7.70. The highest BCUT2D eigenvalue weighted by Gasteiger charge is 2.19. The van der Waals surface area contributed by atoms with Gasteiger partial charge in [0.25, 0.3) is 0 Å². The van der Waals surface area contributed by atoms with Crippen molar-refractivity contribution in [3.05, 3.63) is 36.2 Å². The van der Waals surface area contributed by atoms with Gasteiger partial charge in [-0.3, -0.25) is 4.90 Å². The van der Waals surface area contributed by atoms with Crippen LogP contribution < -0.4 is 4.74 Å². The van der Waals surface area contributed by atoms with Crippen LogP contribution in [0.4, 0.5) is 0 Å². The normalized spacial score (nSPS) is 16.8.